The van der Waals surface area contributed by atoms with Crippen molar-refractivity contribution in [2.45, 2.75) is 33.1 Å². The summed E-state index contributed by atoms with van der Waals surface area (Å²) in [6, 6.07) is 19.4. The van der Waals surface area contributed by atoms with Gasteiger partial charge < -0.3 is 15.4 Å². The highest BCUT2D eigenvalue weighted by molar-refractivity contribution is 6.32. The Morgan fingerprint density at radius 3 is 1.78 bits per heavy atom. The van der Waals surface area contributed by atoms with Gasteiger partial charge in [-0.1, -0.05) is 44.5 Å². The molecule has 0 atom stereocenters. The molecule has 0 aliphatic heterocycles. The number of amides is 2. The van der Waals surface area contributed by atoms with Crippen LogP contribution in [-0.4, -0.2) is 18.4 Å². The van der Waals surface area contributed by atoms with Gasteiger partial charge in [0, 0.05) is 22.5 Å². The van der Waals surface area contributed by atoms with Crippen LogP contribution in [0, 0.1) is 0 Å². The average Bonchev–Trinajstić information content (AvgIpc) is 2.76. The Bertz CT molecular complexity index is 1100. The molecule has 2 N–H and O–H groups in total. The van der Waals surface area contributed by atoms with Crippen LogP contribution in [0.2, 0.25) is 5.02 Å². The third kappa shape index (κ3) is 5.89. The molecule has 0 radical (unpaired) electrons. The van der Waals surface area contributed by atoms with E-state index < -0.39 is 0 Å². The number of nitrogens with one attached hydrogen (secondary N) is 2. The fourth-order valence-electron chi connectivity index (χ4n) is 3.08. The number of anilines is 2. The minimum absolute atomic E-state index is 0.0337. The van der Waals surface area contributed by atoms with E-state index in [1.165, 1.54) is 5.56 Å². The van der Waals surface area contributed by atoms with Crippen molar-refractivity contribution in [3.05, 3.63) is 88.4 Å². The van der Waals surface area contributed by atoms with Crippen LogP contribution in [0.5, 0.6) is 5.75 Å². The Hall–Kier alpha value is -3.31. The Kier molecular flexibility index (Phi) is 7.21. The highest BCUT2D eigenvalue weighted by atomic mass is 35.5. The van der Waals surface area contributed by atoms with Crippen LogP contribution >= 0.6 is 11.6 Å². The Balaban J connectivity index is 1.62. The first-order valence-corrected chi connectivity index (χ1v) is 10.8. The lowest BCUT2D eigenvalue weighted by Gasteiger charge is -2.19. The highest BCUT2D eigenvalue weighted by Crippen LogP contribution is 2.26. The second-order valence-electron chi connectivity index (χ2n) is 8.39. The molecule has 0 unspecified atom stereocenters. The summed E-state index contributed by atoms with van der Waals surface area (Å²) in [7, 11) is 0. The fourth-order valence-corrected chi connectivity index (χ4v) is 3.31. The summed E-state index contributed by atoms with van der Waals surface area (Å²) < 4.78 is 5.39. The van der Waals surface area contributed by atoms with Crippen molar-refractivity contribution in [3.8, 4) is 5.75 Å². The molecule has 0 bridgehead atoms. The molecule has 32 heavy (non-hydrogen) atoms. The molecule has 3 aromatic rings. The van der Waals surface area contributed by atoms with Gasteiger partial charge in [-0.25, -0.2) is 0 Å². The van der Waals surface area contributed by atoms with E-state index in [0.29, 0.717) is 39.9 Å². The Morgan fingerprint density at radius 1 is 0.812 bits per heavy atom. The van der Waals surface area contributed by atoms with Crippen molar-refractivity contribution in [3.63, 3.8) is 0 Å². The highest BCUT2D eigenvalue weighted by Gasteiger charge is 2.15. The normalized spacial score (nSPS) is 11.0. The van der Waals surface area contributed by atoms with E-state index in [2.05, 4.69) is 31.4 Å². The average molecular weight is 451 g/mol. The predicted octanol–water partition coefficient (Wildman–Crippen LogP) is 6.54. The smallest absolute Gasteiger partial charge is 0.255 e. The third-order valence-electron chi connectivity index (χ3n) is 4.91. The van der Waals surface area contributed by atoms with E-state index in [1.807, 2.05) is 31.2 Å². The molecular weight excluding hydrogens is 424 g/mol. The molecule has 0 heterocycles. The maximum absolute atomic E-state index is 12.5. The van der Waals surface area contributed by atoms with Crippen molar-refractivity contribution in [2.24, 2.45) is 0 Å². The van der Waals surface area contributed by atoms with Crippen LogP contribution in [0.4, 0.5) is 11.4 Å². The summed E-state index contributed by atoms with van der Waals surface area (Å²) >= 11 is 6.16. The molecule has 5 nitrogen and oxygen atoms in total. The van der Waals surface area contributed by atoms with E-state index in [9.17, 15) is 9.59 Å². The van der Waals surface area contributed by atoms with Crippen molar-refractivity contribution in [1.82, 2.24) is 0 Å². The molecular formula is C26H27ClN2O3. The molecule has 0 saturated carbocycles. The number of ether oxygens (including phenoxy) is 1. The second-order valence-corrected chi connectivity index (χ2v) is 8.80. The number of benzene rings is 3. The second kappa shape index (κ2) is 9.88. The topological polar surface area (TPSA) is 67.4 Å². The molecule has 166 valence electrons. The van der Waals surface area contributed by atoms with E-state index in [1.54, 1.807) is 42.5 Å². The van der Waals surface area contributed by atoms with Crippen molar-refractivity contribution < 1.29 is 14.3 Å². The van der Waals surface area contributed by atoms with E-state index >= 15 is 0 Å². The zero-order chi connectivity index (χ0) is 23.3. The molecule has 3 rings (SSSR count). The van der Waals surface area contributed by atoms with E-state index in [-0.39, 0.29) is 17.2 Å². The molecule has 0 fully saturated rings. The van der Waals surface area contributed by atoms with Gasteiger partial charge in [0.1, 0.15) is 5.75 Å². The number of halogens is 1. The molecule has 0 spiro atoms. The van der Waals surface area contributed by atoms with Crippen molar-refractivity contribution in [1.29, 1.82) is 0 Å². The van der Waals surface area contributed by atoms with Gasteiger partial charge in [0.2, 0.25) is 0 Å². The number of hydrogen-bond donors (Lipinski definition) is 2. The maximum atomic E-state index is 12.5. The minimum Gasteiger partial charge on any atom is -0.492 e. The SMILES string of the molecule is CCOc1ccc(C(=O)Nc2ccc(NC(=O)c3ccc(C(C)(C)C)cc3)cc2)cc1Cl. The van der Waals surface area contributed by atoms with Crippen LogP contribution < -0.4 is 15.4 Å². The molecule has 2 amide bonds. The number of carbonyl (C=O) groups is 2. The molecule has 0 aliphatic carbocycles. The van der Waals surface area contributed by atoms with Crippen molar-refractivity contribution >= 4 is 34.8 Å². The summed E-state index contributed by atoms with van der Waals surface area (Å²) in [5.41, 5.74) is 3.45. The number of hydrogen-bond acceptors (Lipinski definition) is 3. The molecule has 0 aromatic heterocycles. The van der Waals surface area contributed by atoms with Gasteiger partial charge in [-0.05, 0) is 72.5 Å². The van der Waals surface area contributed by atoms with Crippen LogP contribution in [0.15, 0.2) is 66.7 Å². The zero-order valence-electron chi connectivity index (χ0n) is 18.7. The first kappa shape index (κ1) is 23.4. The van der Waals surface area contributed by atoms with Gasteiger partial charge in [0.15, 0.2) is 0 Å². The lowest BCUT2D eigenvalue weighted by molar-refractivity contribution is 0.101. The van der Waals surface area contributed by atoms with E-state index in [4.69, 9.17) is 16.3 Å². The summed E-state index contributed by atoms with van der Waals surface area (Å²) in [6.07, 6.45) is 0. The minimum atomic E-state index is -0.286. The summed E-state index contributed by atoms with van der Waals surface area (Å²) in [6.45, 7) is 8.76. The number of carbonyl (C=O) groups excluding carboxylic acids is 2. The monoisotopic (exact) mass is 450 g/mol. The largest absolute Gasteiger partial charge is 0.492 e. The van der Waals surface area contributed by atoms with E-state index in [0.717, 1.165) is 0 Å². The first-order chi connectivity index (χ1) is 15.2. The van der Waals surface area contributed by atoms with Crippen LogP contribution in [-0.2, 0) is 5.41 Å². The molecule has 0 aliphatic rings. The third-order valence-corrected chi connectivity index (χ3v) is 5.20. The summed E-state index contributed by atoms with van der Waals surface area (Å²) in [5, 5.41) is 6.07. The quantitative estimate of drug-likeness (QED) is 0.448. The van der Waals surface area contributed by atoms with Crippen molar-refractivity contribution in [2.75, 3.05) is 17.2 Å². The summed E-state index contributed by atoms with van der Waals surface area (Å²) in [5.74, 6) is 0.0656. The van der Waals surface area contributed by atoms with Gasteiger partial charge in [0.05, 0.1) is 11.6 Å². The molecule has 0 saturated heterocycles. The fraction of sp³-hybridized carbons (Fsp3) is 0.231. The van der Waals surface area contributed by atoms with Crippen LogP contribution in [0.25, 0.3) is 0 Å². The van der Waals surface area contributed by atoms with Gasteiger partial charge in [-0.15, -0.1) is 0 Å². The van der Waals surface area contributed by atoms with Gasteiger partial charge in [0.25, 0.3) is 11.8 Å². The zero-order valence-corrected chi connectivity index (χ0v) is 19.4. The Morgan fingerprint density at radius 2 is 1.31 bits per heavy atom. The van der Waals surface area contributed by atoms with Gasteiger partial charge >= 0.3 is 0 Å². The van der Waals surface area contributed by atoms with Crippen LogP contribution in [0.1, 0.15) is 54.0 Å². The first-order valence-electron chi connectivity index (χ1n) is 10.4. The standard InChI is InChI=1S/C26H27ClN2O3/c1-5-32-23-15-8-18(16-22(23)27)25(31)29-21-13-11-20(12-14-21)28-24(30)17-6-9-19(10-7-17)26(2,3)4/h6-16H,5H2,1-4H3,(H,28,30)(H,29,31). The van der Waals surface area contributed by atoms with Gasteiger partial charge in [-0.2, -0.15) is 0 Å². The summed E-state index contributed by atoms with van der Waals surface area (Å²) in [4.78, 5) is 25.0. The van der Waals surface area contributed by atoms with Crippen LogP contribution in [0.3, 0.4) is 0 Å². The molecule has 6 heteroatoms. The predicted molar refractivity (Wildman–Crippen MR) is 130 cm³/mol. The van der Waals surface area contributed by atoms with Gasteiger partial charge in [-0.3, -0.25) is 9.59 Å². The number of rotatable bonds is 6. The Labute approximate surface area is 193 Å². The lowest BCUT2D eigenvalue weighted by atomic mass is 9.87. The maximum Gasteiger partial charge on any atom is 0.255 e. The lowest BCUT2D eigenvalue weighted by Crippen LogP contribution is -2.14. The molecule has 3 aromatic carbocycles.